The summed E-state index contributed by atoms with van der Waals surface area (Å²) in [6.45, 7) is 9.63. The summed E-state index contributed by atoms with van der Waals surface area (Å²) in [5, 5.41) is 6.81. The first-order valence-corrected chi connectivity index (χ1v) is 15.0. The highest BCUT2D eigenvalue weighted by atomic mass is 79.9. The molecule has 0 atom stereocenters. The number of hydrogen-bond donors (Lipinski definition) is 3. The standard InChI is InChI=1S/C30H37BrN8O2/c1-19-15-24(29-35-28-27(25(31)17-32-30(28)36-29)34-21-7-9-37(3)10-8-21)20(2)39(19)23-6-4-5-22(16-23)33-26(40)18-38-11-13-41-14-12-38/h4-6,15-17,21H,7-14,18H2,1-3H3,(H,33,40)(H2,32,34,35,36). The molecule has 3 N–H and O–H groups in total. The monoisotopic (exact) mass is 620 g/mol. The number of rotatable bonds is 7. The van der Waals surface area contributed by atoms with E-state index in [1.54, 1.807) is 0 Å². The van der Waals surface area contributed by atoms with Gasteiger partial charge >= 0.3 is 0 Å². The van der Waals surface area contributed by atoms with Crippen molar-refractivity contribution in [1.29, 1.82) is 0 Å². The van der Waals surface area contributed by atoms with Crippen LogP contribution in [0.4, 0.5) is 11.4 Å². The molecule has 0 bridgehead atoms. The van der Waals surface area contributed by atoms with E-state index in [1.807, 2.05) is 24.4 Å². The lowest BCUT2D eigenvalue weighted by molar-refractivity contribution is -0.118. The maximum Gasteiger partial charge on any atom is 0.238 e. The summed E-state index contributed by atoms with van der Waals surface area (Å²) in [5.41, 5.74) is 7.52. The molecule has 1 aromatic carbocycles. The zero-order valence-corrected chi connectivity index (χ0v) is 25.4. The van der Waals surface area contributed by atoms with Crippen LogP contribution in [-0.2, 0) is 9.53 Å². The third-order valence-corrected chi connectivity index (χ3v) is 8.69. The van der Waals surface area contributed by atoms with Crippen molar-refractivity contribution >= 4 is 44.4 Å². The highest BCUT2D eigenvalue weighted by Gasteiger charge is 2.22. The van der Waals surface area contributed by atoms with Crippen LogP contribution in [0, 0.1) is 13.8 Å². The zero-order chi connectivity index (χ0) is 28.5. The third kappa shape index (κ3) is 6.04. The van der Waals surface area contributed by atoms with Crippen LogP contribution in [0.25, 0.3) is 28.2 Å². The number of benzene rings is 1. The average molecular weight is 622 g/mol. The molecule has 2 fully saturated rings. The van der Waals surface area contributed by atoms with Crippen molar-refractivity contribution in [2.24, 2.45) is 0 Å². The molecule has 0 saturated carbocycles. The van der Waals surface area contributed by atoms with E-state index in [0.29, 0.717) is 31.4 Å². The van der Waals surface area contributed by atoms with Crippen molar-refractivity contribution in [3.63, 3.8) is 0 Å². The van der Waals surface area contributed by atoms with Crippen molar-refractivity contribution in [3.8, 4) is 17.1 Å². The van der Waals surface area contributed by atoms with Crippen LogP contribution in [0.2, 0.25) is 0 Å². The number of imidazole rings is 1. The Balaban J connectivity index is 1.25. The van der Waals surface area contributed by atoms with Gasteiger partial charge in [0, 0.05) is 53.7 Å². The average Bonchev–Trinajstić information content (AvgIpc) is 3.52. The van der Waals surface area contributed by atoms with E-state index in [1.165, 1.54) is 0 Å². The number of pyridine rings is 1. The van der Waals surface area contributed by atoms with Crippen LogP contribution in [-0.4, -0.2) is 94.3 Å². The normalized spacial score (nSPS) is 17.3. The lowest BCUT2D eigenvalue weighted by Crippen LogP contribution is -2.41. The Bertz CT molecular complexity index is 1550. The molecule has 0 aliphatic carbocycles. The fourth-order valence-corrected chi connectivity index (χ4v) is 6.26. The minimum Gasteiger partial charge on any atom is -0.379 e. The van der Waals surface area contributed by atoms with E-state index >= 15 is 0 Å². The molecule has 41 heavy (non-hydrogen) atoms. The Morgan fingerprint density at radius 1 is 1.15 bits per heavy atom. The zero-order valence-electron chi connectivity index (χ0n) is 23.8. The topological polar surface area (TPSA) is 103 Å². The van der Waals surface area contributed by atoms with Crippen LogP contribution >= 0.6 is 15.9 Å². The lowest BCUT2D eigenvalue weighted by Gasteiger charge is -2.30. The molecule has 6 rings (SSSR count). The number of nitrogens with one attached hydrogen (secondary N) is 3. The molecule has 3 aromatic heterocycles. The lowest BCUT2D eigenvalue weighted by atomic mass is 10.1. The van der Waals surface area contributed by atoms with Gasteiger partial charge in [0.05, 0.1) is 29.9 Å². The van der Waals surface area contributed by atoms with Crippen LogP contribution in [0.3, 0.4) is 0 Å². The van der Waals surface area contributed by atoms with Crippen LogP contribution in [0.1, 0.15) is 24.2 Å². The predicted molar refractivity (Wildman–Crippen MR) is 166 cm³/mol. The number of piperidine rings is 1. The number of amides is 1. The van der Waals surface area contributed by atoms with Gasteiger partial charge in [-0.3, -0.25) is 9.69 Å². The van der Waals surface area contributed by atoms with Gasteiger partial charge in [-0.25, -0.2) is 9.97 Å². The first kappa shape index (κ1) is 27.9. The first-order valence-electron chi connectivity index (χ1n) is 14.2. The Morgan fingerprint density at radius 3 is 2.71 bits per heavy atom. The van der Waals surface area contributed by atoms with Crippen molar-refractivity contribution in [3.05, 3.63) is 52.4 Å². The summed E-state index contributed by atoms with van der Waals surface area (Å²) in [5.74, 6) is 0.766. The van der Waals surface area contributed by atoms with E-state index < -0.39 is 0 Å². The number of halogens is 1. The molecule has 10 nitrogen and oxygen atoms in total. The number of fused-ring (bicyclic) bond motifs is 1. The number of carbonyl (C=O) groups is 1. The molecule has 0 radical (unpaired) electrons. The maximum atomic E-state index is 12.7. The number of nitrogens with zero attached hydrogens (tertiary/aromatic N) is 5. The number of likely N-dealkylation sites (tertiary alicyclic amines) is 1. The molecule has 11 heteroatoms. The molecule has 2 saturated heterocycles. The smallest absolute Gasteiger partial charge is 0.238 e. The predicted octanol–water partition coefficient (Wildman–Crippen LogP) is 4.57. The second-order valence-corrected chi connectivity index (χ2v) is 11.9. The van der Waals surface area contributed by atoms with Crippen LogP contribution in [0.15, 0.2) is 41.0 Å². The second kappa shape index (κ2) is 11.9. The van der Waals surface area contributed by atoms with Gasteiger partial charge in [-0.1, -0.05) is 6.07 Å². The van der Waals surface area contributed by atoms with E-state index in [0.717, 1.165) is 88.8 Å². The summed E-state index contributed by atoms with van der Waals surface area (Å²) in [4.78, 5) is 30.2. The van der Waals surface area contributed by atoms with E-state index in [-0.39, 0.29) is 5.91 Å². The Morgan fingerprint density at radius 2 is 1.93 bits per heavy atom. The third-order valence-electron chi connectivity index (χ3n) is 8.09. The van der Waals surface area contributed by atoms with Gasteiger partial charge in [0.15, 0.2) is 5.65 Å². The van der Waals surface area contributed by atoms with Gasteiger partial charge in [0.1, 0.15) is 11.3 Å². The van der Waals surface area contributed by atoms with Crippen LogP contribution in [0.5, 0.6) is 0 Å². The quantitative estimate of drug-likeness (QED) is 0.278. The fraction of sp³-hybridized carbons (Fsp3) is 0.433. The van der Waals surface area contributed by atoms with Crippen molar-refractivity contribution < 1.29 is 9.53 Å². The molecule has 2 aliphatic rings. The first-order chi connectivity index (χ1) is 19.9. The van der Waals surface area contributed by atoms with Crippen molar-refractivity contribution in [2.45, 2.75) is 32.7 Å². The Kier molecular flexibility index (Phi) is 8.12. The number of aromatic nitrogens is 4. The molecule has 2 aliphatic heterocycles. The van der Waals surface area contributed by atoms with Gasteiger partial charge in [-0.15, -0.1) is 0 Å². The number of anilines is 2. The minimum absolute atomic E-state index is 0.0173. The number of carbonyl (C=O) groups excluding carboxylic acids is 1. The largest absolute Gasteiger partial charge is 0.379 e. The number of aromatic amines is 1. The number of aryl methyl sites for hydroxylation is 1. The van der Waals surface area contributed by atoms with Crippen molar-refractivity contribution in [2.75, 3.05) is 63.6 Å². The van der Waals surface area contributed by atoms with E-state index in [9.17, 15) is 4.79 Å². The molecule has 5 heterocycles. The summed E-state index contributed by atoms with van der Waals surface area (Å²) in [7, 11) is 2.17. The number of H-pyrrole nitrogens is 1. The molecule has 4 aromatic rings. The number of morpholine rings is 1. The highest BCUT2D eigenvalue weighted by molar-refractivity contribution is 9.10. The summed E-state index contributed by atoms with van der Waals surface area (Å²) < 4.78 is 8.51. The van der Waals surface area contributed by atoms with Gasteiger partial charge in [-0.05, 0) is 87.0 Å². The molecule has 216 valence electrons. The summed E-state index contributed by atoms with van der Waals surface area (Å²) in [6.07, 6.45) is 4.02. The Labute approximate surface area is 248 Å². The Hall–Kier alpha value is -3.25. The molecular weight excluding hydrogens is 584 g/mol. The van der Waals surface area contributed by atoms with E-state index in [4.69, 9.17) is 9.72 Å². The summed E-state index contributed by atoms with van der Waals surface area (Å²) in [6, 6.07) is 10.5. The summed E-state index contributed by atoms with van der Waals surface area (Å²) >= 11 is 3.71. The SMILES string of the molecule is Cc1cc(-c2nc3ncc(Br)c(NC4CCN(C)CC4)c3[nH]2)c(C)n1-c1cccc(NC(=O)CN2CCOCC2)c1. The van der Waals surface area contributed by atoms with Gasteiger partial charge in [0.25, 0.3) is 0 Å². The fourth-order valence-electron chi connectivity index (χ4n) is 5.84. The highest BCUT2D eigenvalue weighted by Crippen LogP contribution is 2.34. The van der Waals surface area contributed by atoms with Gasteiger partial charge in [-0.2, -0.15) is 0 Å². The molecular formula is C30H37BrN8O2. The van der Waals surface area contributed by atoms with Crippen molar-refractivity contribution in [1.82, 2.24) is 29.3 Å². The van der Waals surface area contributed by atoms with Gasteiger partial charge < -0.3 is 29.8 Å². The number of hydrogen-bond acceptors (Lipinski definition) is 7. The molecule has 1 amide bonds. The minimum atomic E-state index is -0.0173. The molecule has 0 spiro atoms. The maximum absolute atomic E-state index is 12.7. The van der Waals surface area contributed by atoms with Gasteiger partial charge in [0.2, 0.25) is 5.91 Å². The molecule has 0 unspecified atom stereocenters. The van der Waals surface area contributed by atoms with E-state index in [2.05, 4.69) is 83.9 Å². The van der Waals surface area contributed by atoms with Crippen LogP contribution < -0.4 is 10.6 Å². The second-order valence-electron chi connectivity index (χ2n) is 11.1. The number of ether oxygens (including phenoxy) is 1.